The number of rotatable bonds is 7. The molecule has 4 rings (SSSR count). The van der Waals surface area contributed by atoms with Crippen molar-refractivity contribution in [3.63, 3.8) is 0 Å². The van der Waals surface area contributed by atoms with E-state index in [-0.39, 0.29) is 23.5 Å². The predicted octanol–water partition coefficient (Wildman–Crippen LogP) is 5.31. The zero-order valence-corrected chi connectivity index (χ0v) is 19.0. The van der Waals surface area contributed by atoms with Crippen LogP contribution < -0.4 is 21.9 Å². The molecule has 0 spiro atoms. The molecule has 0 aliphatic heterocycles. The average molecular weight is 467 g/mol. The van der Waals surface area contributed by atoms with Crippen molar-refractivity contribution in [3.8, 4) is 5.69 Å². The fourth-order valence-corrected chi connectivity index (χ4v) is 3.92. The maximum absolute atomic E-state index is 13.8. The number of benzene rings is 2. The van der Waals surface area contributed by atoms with Crippen LogP contribution in [0, 0.1) is 0 Å². The monoisotopic (exact) mass is 466 g/mol. The first-order chi connectivity index (χ1) is 15.9. The third-order valence-corrected chi connectivity index (χ3v) is 5.69. The lowest BCUT2D eigenvalue weighted by Crippen LogP contribution is -2.26. The highest BCUT2D eigenvalue weighted by atomic mass is 35.5. The Morgan fingerprint density at radius 3 is 2.48 bits per heavy atom. The molecular formula is C24H24ClFN6O. The average Bonchev–Trinajstić information content (AvgIpc) is 2.81. The number of aromatic nitrogens is 3. The predicted molar refractivity (Wildman–Crippen MR) is 132 cm³/mol. The van der Waals surface area contributed by atoms with Gasteiger partial charge in [-0.2, -0.15) is 0 Å². The molecular weight excluding hydrogens is 443 g/mol. The molecule has 2 aromatic heterocycles. The summed E-state index contributed by atoms with van der Waals surface area (Å²) in [6.07, 6.45) is 0.299. The van der Waals surface area contributed by atoms with Crippen LogP contribution in [0.2, 0.25) is 5.02 Å². The van der Waals surface area contributed by atoms with Gasteiger partial charge in [-0.15, -0.1) is 0 Å². The Morgan fingerprint density at radius 2 is 1.79 bits per heavy atom. The van der Waals surface area contributed by atoms with E-state index in [0.29, 0.717) is 27.6 Å². The molecule has 7 nitrogen and oxygen atoms in total. The van der Waals surface area contributed by atoms with E-state index >= 15 is 0 Å². The summed E-state index contributed by atoms with van der Waals surface area (Å²) < 4.78 is 15.4. The van der Waals surface area contributed by atoms with E-state index in [0.717, 1.165) is 5.39 Å². The molecule has 2 aromatic carbocycles. The first kappa shape index (κ1) is 22.5. The molecule has 170 valence electrons. The Labute approximate surface area is 195 Å². The van der Waals surface area contributed by atoms with E-state index in [2.05, 4.69) is 20.6 Å². The van der Waals surface area contributed by atoms with E-state index in [1.165, 1.54) is 6.33 Å². The molecule has 0 bridgehead atoms. The molecule has 9 heteroatoms. The van der Waals surface area contributed by atoms with Gasteiger partial charge < -0.3 is 16.4 Å². The fourth-order valence-electron chi connectivity index (χ4n) is 3.66. The van der Waals surface area contributed by atoms with Crippen molar-refractivity contribution in [2.75, 3.05) is 16.4 Å². The Morgan fingerprint density at radius 1 is 1.09 bits per heavy atom. The van der Waals surface area contributed by atoms with Crippen molar-refractivity contribution >= 4 is 39.7 Å². The highest BCUT2D eigenvalue weighted by molar-refractivity contribution is 6.35. The van der Waals surface area contributed by atoms with Gasteiger partial charge in [0.1, 0.15) is 12.0 Å². The van der Waals surface area contributed by atoms with Crippen LogP contribution in [0.25, 0.3) is 16.5 Å². The quantitative estimate of drug-likeness (QED) is 0.319. The maximum Gasteiger partial charge on any atom is 0.264 e. The summed E-state index contributed by atoms with van der Waals surface area (Å²) in [4.78, 5) is 21.8. The highest BCUT2D eigenvalue weighted by Crippen LogP contribution is 2.30. The van der Waals surface area contributed by atoms with Crippen LogP contribution in [0.15, 0.2) is 65.7 Å². The number of anilines is 3. The molecule has 0 saturated heterocycles. The molecule has 1 unspecified atom stereocenters. The first-order valence-corrected chi connectivity index (χ1v) is 11.0. The standard InChI is InChI=1S/C24H24ClFN6O/c1-3-19(26)31-23-21(27)22(28-13-29-23)30-14(2)18-12-15-8-7-11-17(25)20(15)24(33)32(18)16-9-5-4-6-10-16/h4-14,19H,3,27H2,1-2H3,(H2,28,29,30,31)/t14-,19?/m0/s1. The minimum atomic E-state index is -1.28. The largest absolute Gasteiger partial charge is 0.393 e. The van der Waals surface area contributed by atoms with Gasteiger partial charge in [-0.3, -0.25) is 9.36 Å². The minimum absolute atomic E-state index is 0.192. The first-order valence-electron chi connectivity index (χ1n) is 10.6. The summed E-state index contributed by atoms with van der Waals surface area (Å²) in [5.41, 5.74) is 7.55. The van der Waals surface area contributed by atoms with Crippen LogP contribution in [0.3, 0.4) is 0 Å². The molecule has 2 atom stereocenters. The molecule has 0 amide bonds. The number of halogens is 2. The normalized spacial score (nSPS) is 13.0. The number of hydrogen-bond donors (Lipinski definition) is 3. The van der Waals surface area contributed by atoms with Gasteiger partial charge in [-0.1, -0.05) is 48.9 Å². The van der Waals surface area contributed by atoms with Gasteiger partial charge in [0.05, 0.1) is 16.5 Å². The van der Waals surface area contributed by atoms with Crippen LogP contribution in [0.1, 0.15) is 32.0 Å². The molecule has 0 fully saturated rings. The van der Waals surface area contributed by atoms with Crippen molar-refractivity contribution < 1.29 is 4.39 Å². The number of nitrogens with two attached hydrogens (primary N) is 1. The van der Waals surface area contributed by atoms with Gasteiger partial charge >= 0.3 is 0 Å². The topological polar surface area (TPSA) is 97.9 Å². The summed E-state index contributed by atoms with van der Waals surface area (Å²) in [6, 6.07) is 16.2. The summed E-state index contributed by atoms with van der Waals surface area (Å²) in [7, 11) is 0. The van der Waals surface area contributed by atoms with Crippen LogP contribution >= 0.6 is 11.6 Å². The van der Waals surface area contributed by atoms with Crippen molar-refractivity contribution in [1.82, 2.24) is 14.5 Å². The fraction of sp³-hybridized carbons (Fsp3) is 0.208. The van der Waals surface area contributed by atoms with Gasteiger partial charge in [-0.25, -0.2) is 14.4 Å². The van der Waals surface area contributed by atoms with Crippen molar-refractivity contribution in [3.05, 3.63) is 82.0 Å². The molecule has 33 heavy (non-hydrogen) atoms. The Bertz CT molecular complexity index is 1340. The lowest BCUT2D eigenvalue weighted by Gasteiger charge is -2.22. The smallest absolute Gasteiger partial charge is 0.264 e. The third-order valence-electron chi connectivity index (χ3n) is 5.37. The molecule has 4 aromatic rings. The SMILES string of the molecule is CCC(F)Nc1ncnc(N[C@@H](C)c2cc3cccc(Cl)c3c(=O)n2-c2ccccc2)c1N. The maximum atomic E-state index is 13.8. The summed E-state index contributed by atoms with van der Waals surface area (Å²) in [5, 5.41) is 7.44. The zero-order valence-electron chi connectivity index (χ0n) is 18.2. The lowest BCUT2D eigenvalue weighted by atomic mass is 10.1. The molecule has 4 N–H and O–H groups in total. The number of pyridine rings is 1. The van der Waals surface area contributed by atoms with E-state index in [4.69, 9.17) is 17.3 Å². The number of hydrogen-bond acceptors (Lipinski definition) is 6. The summed E-state index contributed by atoms with van der Waals surface area (Å²) >= 11 is 6.38. The van der Waals surface area contributed by atoms with Crippen LogP contribution in [0.4, 0.5) is 21.7 Å². The van der Waals surface area contributed by atoms with Crippen LogP contribution in [0.5, 0.6) is 0 Å². The van der Waals surface area contributed by atoms with Gasteiger partial charge in [0.2, 0.25) is 0 Å². The van der Waals surface area contributed by atoms with E-state index in [9.17, 15) is 9.18 Å². The second-order valence-corrected chi connectivity index (χ2v) is 8.03. The van der Waals surface area contributed by atoms with Gasteiger partial charge in [0, 0.05) is 11.4 Å². The zero-order chi connectivity index (χ0) is 23.5. The van der Waals surface area contributed by atoms with Crippen molar-refractivity contribution in [2.45, 2.75) is 32.6 Å². The summed E-state index contributed by atoms with van der Waals surface area (Å²) in [6.45, 7) is 3.61. The van der Waals surface area contributed by atoms with Crippen molar-refractivity contribution in [2.24, 2.45) is 0 Å². The van der Waals surface area contributed by atoms with Crippen LogP contribution in [-0.2, 0) is 0 Å². The molecule has 0 saturated carbocycles. The van der Waals surface area contributed by atoms with Gasteiger partial charge in [-0.05, 0) is 43.0 Å². The Hall–Kier alpha value is -3.65. The van der Waals surface area contributed by atoms with Crippen molar-refractivity contribution in [1.29, 1.82) is 0 Å². The second kappa shape index (κ2) is 9.46. The number of nitrogens with zero attached hydrogens (tertiary/aromatic N) is 3. The Kier molecular flexibility index (Phi) is 6.46. The molecule has 0 aliphatic carbocycles. The second-order valence-electron chi connectivity index (χ2n) is 7.62. The van der Waals surface area contributed by atoms with Crippen LogP contribution in [-0.4, -0.2) is 20.8 Å². The van der Waals surface area contributed by atoms with E-state index in [1.54, 1.807) is 23.6 Å². The summed E-state index contributed by atoms with van der Waals surface area (Å²) in [5.74, 6) is 0.543. The van der Waals surface area contributed by atoms with E-state index < -0.39 is 12.3 Å². The van der Waals surface area contributed by atoms with Gasteiger partial charge in [0.15, 0.2) is 17.9 Å². The lowest BCUT2D eigenvalue weighted by molar-refractivity contribution is 0.362. The Balaban J connectivity index is 1.82. The van der Waals surface area contributed by atoms with Gasteiger partial charge in [0.25, 0.3) is 5.56 Å². The number of nitrogen functional groups attached to an aromatic ring is 1. The molecule has 0 aliphatic rings. The molecule has 0 radical (unpaired) electrons. The highest BCUT2D eigenvalue weighted by Gasteiger charge is 2.20. The third kappa shape index (κ3) is 4.47. The number of para-hydroxylation sites is 1. The number of alkyl halides is 1. The minimum Gasteiger partial charge on any atom is -0.393 e. The van der Waals surface area contributed by atoms with E-state index in [1.807, 2.05) is 49.4 Å². The number of fused-ring (bicyclic) bond motifs is 1. The molecule has 2 heterocycles. The number of nitrogens with one attached hydrogen (secondary N) is 2.